The van der Waals surface area contributed by atoms with Crippen molar-refractivity contribution in [3.63, 3.8) is 0 Å². The lowest BCUT2D eigenvalue weighted by molar-refractivity contribution is -0.142. The van der Waals surface area contributed by atoms with Crippen molar-refractivity contribution in [3.05, 3.63) is 45.8 Å². The monoisotopic (exact) mass is 263 g/mol. The maximum Gasteiger partial charge on any atom is 0.338 e. The number of azide groups is 1. The summed E-state index contributed by atoms with van der Waals surface area (Å²) < 4.78 is 9.56. The van der Waals surface area contributed by atoms with Gasteiger partial charge in [-0.2, -0.15) is 0 Å². The van der Waals surface area contributed by atoms with Gasteiger partial charge in [-0.25, -0.2) is 4.79 Å². The van der Waals surface area contributed by atoms with Crippen LogP contribution < -0.4 is 0 Å². The van der Waals surface area contributed by atoms with Gasteiger partial charge in [0.05, 0.1) is 18.6 Å². The van der Waals surface area contributed by atoms with Crippen molar-refractivity contribution in [2.45, 2.75) is 13.3 Å². The number of carbonyl (C=O) groups excluding carboxylic acids is 2. The van der Waals surface area contributed by atoms with Crippen LogP contribution in [0.15, 0.2) is 29.4 Å². The summed E-state index contributed by atoms with van der Waals surface area (Å²) in [6.07, 6.45) is -0.0133. The lowest BCUT2D eigenvalue weighted by Gasteiger charge is -2.08. The Hall–Kier alpha value is -2.53. The van der Waals surface area contributed by atoms with Crippen LogP contribution >= 0.6 is 0 Å². The van der Waals surface area contributed by atoms with E-state index in [2.05, 4.69) is 10.0 Å². The topological polar surface area (TPSA) is 101 Å². The third-order valence-electron chi connectivity index (χ3n) is 2.19. The van der Waals surface area contributed by atoms with E-state index in [4.69, 9.17) is 15.0 Å². The van der Waals surface area contributed by atoms with Crippen molar-refractivity contribution in [1.29, 1.82) is 0 Å². The van der Waals surface area contributed by atoms with E-state index in [1.54, 1.807) is 25.1 Å². The van der Waals surface area contributed by atoms with E-state index in [1.807, 2.05) is 0 Å². The van der Waals surface area contributed by atoms with Crippen LogP contribution in [-0.2, 0) is 20.7 Å². The van der Waals surface area contributed by atoms with Gasteiger partial charge in [-0.05, 0) is 24.1 Å². The average Bonchev–Trinajstić information content (AvgIpc) is 2.39. The van der Waals surface area contributed by atoms with E-state index < -0.39 is 11.9 Å². The first-order chi connectivity index (χ1) is 9.19. The number of hydrogen-bond acceptors (Lipinski definition) is 5. The average molecular weight is 263 g/mol. The van der Waals surface area contributed by atoms with Crippen molar-refractivity contribution in [2.24, 2.45) is 5.11 Å². The molecule has 0 fully saturated rings. The highest BCUT2D eigenvalue weighted by Crippen LogP contribution is 2.12. The first-order valence-electron chi connectivity index (χ1n) is 5.60. The van der Waals surface area contributed by atoms with Gasteiger partial charge in [0.25, 0.3) is 0 Å². The van der Waals surface area contributed by atoms with Crippen molar-refractivity contribution < 1.29 is 19.1 Å². The molecule has 0 aliphatic rings. The van der Waals surface area contributed by atoms with Crippen LogP contribution in [-0.4, -0.2) is 25.3 Å². The smallest absolute Gasteiger partial charge is 0.338 e. The molecule has 1 aromatic carbocycles. The third kappa shape index (κ3) is 4.69. The number of esters is 2. The van der Waals surface area contributed by atoms with Gasteiger partial charge in [-0.3, -0.25) is 4.79 Å². The molecule has 0 spiro atoms. The van der Waals surface area contributed by atoms with E-state index in [0.29, 0.717) is 5.56 Å². The SMILES string of the molecule is CCOC(=O)Cc1ccccc1C(=O)OCN=[N+]=[N-]. The Balaban J connectivity index is 2.80. The van der Waals surface area contributed by atoms with Crippen LogP contribution in [0.2, 0.25) is 0 Å². The molecular formula is C12H13N3O4. The predicted molar refractivity (Wildman–Crippen MR) is 66.2 cm³/mol. The Kier molecular flexibility index (Phi) is 5.91. The number of nitrogens with zero attached hydrogens (tertiary/aromatic N) is 3. The largest absolute Gasteiger partial charge is 0.466 e. The first kappa shape index (κ1) is 14.5. The number of rotatable bonds is 6. The maximum atomic E-state index is 11.7. The summed E-state index contributed by atoms with van der Waals surface area (Å²) in [5, 5.41) is 3.10. The lowest BCUT2D eigenvalue weighted by Crippen LogP contribution is -2.13. The standard InChI is InChI=1S/C12H13N3O4/c1-2-18-11(16)7-9-5-3-4-6-10(9)12(17)19-8-14-15-13/h3-6H,2,7-8H2,1H3. The van der Waals surface area contributed by atoms with Crippen LogP contribution in [0.1, 0.15) is 22.8 Å². The van der Waals surface area contributed by atoms with Gasteiger partial charge < -0.3 is 9.47 Å². The van der Waals surface area contributed by atoms with Gasteiger partial charge in [0.15, 0.2) is 6.73 Å². The molecule has 0 bridgehead atoms. The Bertz CT molecular complexity index is 509. The molecule has 1 aromatic rings. The Labute approximate surface area is 109 Å². The number of carbonyl (C=O) groups is 2. The van der Waals surface area contributed by atoms with E-state index in [0.717, 1.165) is 0 Å². The van der Waals surface area contributed by atoms with Crippen molar-refractivity contribution >= 4 is 11.9 Å². The van der Waals surface area contributed by atoms with Crippen LogP contribution in [0, 0.1) is 0 Å². The van der Waals surface area contributed by atoms with Gasteiger partial charge in [0, 0.05) is 4.91 Å². The molecule has 19 heavy (non-hydrogen) atoms. The zero-order valence-electron chi connectivity index (χ0n) is 10.4. The number of hydrogen-bond donors (Lipinski definition) is 0. The first-order valence-corrected chi connectivity index (χ1v) is 5.60. The molecule has 0 N–H and O–H groups in total. The molecule has 1 rings (SSSR count). The molecule has 7 nitrogen and oxygen atoms in total. The predicted octanol–water partition coefficient (Wildman–Crippen LogP) is 2.22. The second-order valence-electron chi connectivity index (χ2n) is 3.43. The molecule has 0 saturated heterocycles. The second kappa shape index (κ2) is 7.73. The summed E-state index contributed by atoms with van der Waals surface area (Å²) in [7, 11) is 0. The van der Waals surface area contributed by atoms with Gasteiger partial charge in [-0.1, -0.05) is 23.3 Å². The minimum atomic E-state index is -0.646. The summed E-state index contributed by atoms with van der Waals surface area (Å²) in [6.45, 7) is 1.60. The highest BCUT2D eigenvalue weighted by Gasteiger charge is 2.14. The van der Waals surface area contributed by atoms with Crippen LogP contribution in [0.3, 0.4) is 0 Å². The summed E-state index contributed by atoms with van der Waals surface area (Å²) in [5.41, 5.74) is 8.85. The van der Waals surface area contributed by atoms with Gasteiger partial charge >= 0.3 is 11.9 Å². The summed E-state index contributed by atoms with van der Waals surface area (Å²) in [6, 6.07) is 6.53. The maximum absolute atomic E-state index is 11.7. The van der Waals surface area contributed by atoms with Crippen molar-refractivity contribution in [3.8, 4) is 0 Å². The molecule has 0 radical (unpaired) electrons. The van der Waals surface area contributed by atoms with Crippen molar-refractivity contribution in [1.82, 2.24) is 0 Å². The van der Waals surface area contributed by atoms with Crippen LogP contribution in [0.4, 0.5) is 0 Å². The Morgan fingerprint density at radius 2 is 2.05 bits per heavy atom. The van der Waals surface area contributed by atoms with Gasteiger partial charge in [0.2, 0.25) is 0 Å². The van der Waals surface area contributed by atoms with Crippen LogP contribution in [0.25, 0.3) is 10.4 Å². The molecule has 7 heteroatoms. The lowest BCUT2D eigenvalue weighted by atomic mass is 10.0. The third-order valence-corrected chi connectivity index (χ3v) is 2.19. The summed E-state index contributed by atoms with van der Waals surface area (Å²) >= 11 is 0. The highest BCUT2D eigenvalue weighted by molar-refractivity contribution is 5.92. The van der Waals surface area contributed by atoms with E-state index in [1.165, 1.54) is 6.07 Å². The molecule has 0 amide bonds. The Morgan fingerprint density at radius 3 is 2.74 bits per heavy atom. The molecule has 0 heterocycles. The fraction of sp³-hybridized carbons (Fsp3) is 0.333. The Morgan fingerprint density at radius 1 is 1.32 bits per heavy atom. The fourth-order valence-corrected chi connectivity index (χ4v) is 1.43. The van der Waals surface area contributed by atoms with E-state index >= 15 is 0 Å². The van der Waals surface area contributed by atoms with Gasteiger partial charge in [-0.15, -0.1) is 0 Å². The molecule has 100 valence electrons. The van der Waals surface area contributed by atoms with E-state index in [-0.39, 0.29) is 25.3 Å². The second-order valence-corrected chi connectivity index (χ2v) is 3.43. The van der Waals surface area contributed by atoms with Crippen LogP contribution in [0.5, 0.6) is 0 Å². The molecule has 0 unspecified atom stereocenters. The molecule has 0 aliphatic heterocycles. The molecule has 0 atom stereocenters. The summed E-state index contributed by atoms with van der Waals surface area (Å²) in [5.74, 6) is -1.06. The number of benzene rings is 1. The molecule has 0 aliphatic carbocycles. The summed E-state index contributed by atoms with van der Waals surface area (Å²) in [4.78, 5) is 25.6. The fourth-order valence-electron chi connectivity index (χ4n) is 1.43. The normalized spacial score (nSPS) is 9.32. The molecular weight excluding hydrogens is 250 g/mol. The zero-order chi connectivity index (χ0) is 14.1. The van der Waals surface area contributed by atoms with E-state index in [9.17, 15) is 9.59 Å². The zero-order valence-corrected chi connectivity index (χ0v) is 10.4. The molecule has 0 aromatic heterocycles. The number of ether oxygens (including phenoxy) is 2. The quantitative estimate of drug-likeness (QED) is 0.340. The minimum Gasteiger partial charge on any atom is -0.466 e. The highest BCUT2D eigenvalue weighted by atomic mass is 16.5. The molecule has 0 saturated carbocycles. The van der Waals surface area contributed by atoms with Crippen molar-refractivity contribution in [2.75, 3.05) is 13.3 Å². The minimum absolute atomic E-state index is 0.0133. The van der Waals surface area contributed by atoms with Gasteiger partial charge in [0.1, 0.15) is 0 Å².